The summed E-state index contributed by atoms with van der Waals surface area (Å²) in [6.45, 7) is 0.990. The number of Topliss-reactive ketones (excluding diaryl/α,β-unsaturated/α-hetero) is 1. The molecule has 3 atom stereocenters. The molecule has 4 nitrogen and oxygen atoms in total. The topological polar surface area (TPSA) is 45.2 Å². The summed E-state index contributed by atoms with van der Waals surface area (Å²) in [6.07, 6.45) is 12.0. The number of anilines is 1. The Bertz CT molecular complexity index is 862. The van der Waals surface area contributed by atoms with Crippen molar-refractivity contribution in [1.82, 2.24) is 9.88 Å². The average Bonchev–Trinajstić information content (AvgIpc) is 3.29. The van der Waals surface area contributed by atoms with Crippen LogP contribution in [0.25, 0.3) is 0 Å². The maximum Gasteiger partial charge on any atom is 0.155 e. The Morgan fingerprint density at radius 1 is 0.967 bits per heavy atom. The van der Waals surface area contributed by atoms with E-state index in [1.165, 1.54) is 30.5 Å². The summed E-state index contributed by atoms with van der Waals surface area (Å²) in [6, 6.07) is 15.2. The van der Waals surface area contributed by atoms with Gasteiger partial charge in [0.1, 0.15) is 0 Å². The maximum atomic E-state index is 14.0. The molecular weight excluding hydrogens is 370 g/mol. The summed E-state index contributed by atoms with van der Waals surface area (Å²) in [7, 11) is 0. The van der Waals surface area contributed by atoms with Gasteiger partial charge in [0.25, 0.3) is 0 Å². The number of ketones is 1. The maximum absolute atomic E-state index is 14.0. The van der Waals surface area contributed by atoms with E-state index in [-0.39, 0.29) is 24.0 Å². The minimum absolute atomic E-state index is 0.0593. The molecular formula is C26H33N3O. The van der Waals surface area contributed by atoms with Crippen LogP contribution in [0.5, 0.6) is 0 Å². The van der Waals surface area contributed by atoms with Crippen LogP contribution in [0.3, 0.4) is 0 Å². The third kappa shape index (κ3) is 3.90. The summed E-state index contributed by atoms with van der Waals surface area (Å²) in [4.78, 5) is 21.1. The van der Waals surface area contributed by atoms with E-state index in [0.717, 1.165) is 50.8 Å². The van der Waals surface area contributed by atoms with Crippen molar-refractivity contribution in [3.63, 3.8) is 0 Å². The number of aromatic nitrogens is 1. The number of hydrogen-bond donors (Lipinski definition) is 1. The predicted octanol–water partition coefficient (Wildman–Crippen LogP) is 5.16. The summed E-state index contributed by atoms with van der Waals surface area (Å²) in [5.74, 6) is 0.710. The van der Waals surface area contributed by atoms with Gasteiger partial charge in [0, 0.05) is 23.8 Å². The molecule has 1 N–H and O–H groups in total. The van der Waals surface area contributed by atoms with Crippen LogP contribution in [0.1, 0.15) is 68.7 Å². The molecule has 3 heterocycles. The molecule has 1 aromatic heterocycles. The number of fused-ring (bicyclic) bond motifs is 1. The van der Waals surface area contributed by atoms with Crippen LogP contribution in [-0.2, 0) is 11.2 Å². The standard InChI is InChI=1S/C26H33N3O/c30-26(20-10-2-1-3-11-20)25(23-16-15-19-9-4-5-12-21(19)28-23)29-18-8-14-24(29)22-13-6-7-17-27-22/h4-7,9,12-13,17,20,23-25,28H,1-3,8,10-11,14-16,18H2. The molecule has 5 rings (SSSR count). The van der Waals surface area contributed by atoms with Crippen molar-refractivity contribution >= 4 is 11.5 Å². The number of pyridine rings is 1. The first-order valence-corrected chi connectivity index (χ1v) is 11.9. The Labute approximate surface area is 180 Å². The Balaban J connectivity index is 1.46. The van der Waals surface area contributed by atoms with Crippen molar-refractivity contribution in [2.75, 3.05) is 11.9 Å². The zero-order valence-corrected chi connectivity index (χ0v) is 17.8. The minimum Gasteiger partial charge on any atom is -0.380 e. The molecule has 30 heavy (non-hydrogen) atoms. The van der Waals surface area contributed by atoms with E-state index in [0.29, 0.717) is 5.78 Å². The lowest BCUT2D eigenvalue weighted by Gasteiger charge is -2.41. The largest absolute Gasteiger partial charge is 0.380 e. The van der Waals surface area contributed by atoms with E-state index in [1.807, 2.05) is 12.3 Å². The highest BCUT2D eigenvalue weighted by Crippen LogP contribution is 2.38. The molecule has 2 aliphatic heterocycles. The third-order valence-electron chi connectivity index (χ3n) is 7.44. The van der Waals surface area contributed by atoms with Crippen molar-refractivity contribution in [2.45, 2.75) is 75.9 Å². The first-order chi connectivity index (χ1) is 14.8. The highest BCUT2D eigenvalue weighted by Gasteiger charge is 2.43. The molecule has 0 spiro atoms. The van der Waals surface area contributed by atoms with E-state index in [2.05, 4.69) is 51.6 Å². The highest BCUT2D eigenvalue weighted by atomic mass is 16.1. The molecule has 2 aromatic rings. The Hall–Kier alpha value is -2.20. The van der Waals surface area contributed by atoms with Gasteiger partial charge < -0.3 is 5.32 Å². The molecule has 1 aromatic carbocycles. The minimum atomic E-state index is -0.0593. The number of nitrogens with one attached hydrogen (secondary N) is 1. The first kappa shape index (κ1) is 19.7. The molecule has 158 valence electrons. The fraction of sp³-hybridized carbons (Fsp3) is 0.538. The number of nitrogens with zero attached hydrogens (tertiary/aromatic N) is 2. The van der Waals surface area contributed by atoms with Crippen molar-refractivity contribution in [3.05, 3.63) is 59.9 Å². The van der Waals surface area contributed by atoms with E-state index >= 15 is 0 Å². The fourth-order valence-electron chi connectivity index (χ4n) is 5.93. The lowest BCUT2D eigenvalue weighted by Crippen LogP contribution is -2.54. The van der Waals surface area contributed by atoms with Crippen LogP contribution in [0, 0.1) is 5.92 Å². The van der Waals surface area contributed by atoms with Crippen molar-refractivity contribution in [2.24, 2.45) is 5.92 Å². The molecule has 0 amide bonds. The predicted molar refractivity (Wildman–Crippen MR) is 120 cm³/mol. The molecule has 1 aliphatic carbocycles. The number of likely N-dealkylation sites (tertiary alicyclic amines) is 1. The number of para-hydroxylation sites is 1. The van der Waals surface area contributed by atoms with Gasteiger partial charge in [-0.2, -0.15) is 0 Å². The second kappa shape index (κ2) is 8.89. The van der Waals surface area contributed by atoms with Crippen molar-refractivity contribution < 1.29 is 4.79 Å². The van der Waals surface area contributed by atoms with Gasteiger partial charge in [0.15, 0.2) is 5.78 Å². The monoisotopic (exact) mass is 403 g/mol. The zero-order valence-electron chi connectivity index (χ0n) is 17.8. The second-order valence-corrected chi connectivity index (χ2v) is 9.28. The fourth-order valence-corrected chi connectivity index (χ4v) is 5.93. The van der Waals surface area contributed by atoms with Crippen LogP contribution < -0.4 is 5.32 Å². The summed E-state index contributed by atoms with van der Waals surface area (Å²) < 4.78 is 0. The van der Waals surface area contributed by atoms with Gasteiger partial charge in [-0.25, -0.2) is 0 Å². The van der Waals surface area contributed by atoms with Crippen molar-refractivity contribution in [3.8, 4) is 0 Å². The van der Waals surface area contributed by atoms with Crippen LogP contribution in [0.4, 0.5) is 5.69 Å². The molecule has 4 heteroatoms. The van der Waals surface area contributed by atoms with E-state index < -0.39 is 0 Å². The van der Waals surface area contributed by atoms with Gasteiger partial charge >= 0.3 is 0 Å². The van der Waals surface area contributed by atoms with E-state index in [1.54, 1.807) is 0 Å². The average molecular weight is 404 g/mol. The molecule has 0 bridgehead atoms. The summed E-state index contributed by atoms with van der Waals surface area (Å²) in [5, 5.41) is 3.78. The van der Waals surface area contributed by atoms with Crippen LogP contribution in [0.15, 0.2) is 48.7 Å². The smallest absolute Gasteiger partial charge is 0.155 e. The van der Waals surface area contributed by atoms with E-state index in [4.69, 9.17) is 0 Å². The lowest BCUT2D eigenvalue weighted by molar-refractivity contribution is -0.130. The number of carbonyl (C=O) groups is 1. The van der Waals surface area contributed by atoms with Crippen molar-refractivity contribution in [1.29, 1.82) is 0 Å². The zero-order chi connectivity index (χ0) is 20.3. The number of hydrogen-bond acceptors (Lipinski definition) is 4. The van der Waals surface area contributed by atoms with E-state index in [9.17, 15) is 4.79 Å². The third-order valence-corrected chi connectivity index (χ3v) is 7.44. The van der Waals surface area contributed by atoms with Gasteiger partial charge in [0.2, 0.25) is 0 Å². The van der Waals surface area contributed by atoms with Crippen LogP contribution in [0.2, 0.25) is 0 Å². The van der Waals surface area contributed by atoms with Gasteiger partial charge in [-0.05, 0) is 68.8 Å². The number of carbonyl (C=O) groups excluding carboxylic acids is 1. The Morgan fingerprint density at radius 3 is 2.63 bits per heavy atom. The molecule has 3 aliphatic rings. The van der Waals surface area contributed by atoms with Gasteiger partial charge in [-0.1, -0.05) is 43.5 Å². The second-order valence-electron chi connectivity index (χ2n) is 9.28. The molecule has 1 saturated carbocycles. The Morgan fingerprint density at radius 2 is 1.80 bits per heavy atom. The first-order valence-electron chi connectivity index (χ1n) is 11.9. The molecule has 2 fully saturated rings. The highest BCUT2D eigenvalue weighted by molar-refractivity contribution is 5.88. The normalized spacial score (nSPS) is 26.0. The SMILES string of the molecule is O=C(C1CCCCC1)C(C1CCc2ccccc2N1)N1CCCC1c1ccccn1. The number of rotatable bonds is 5. The number of benzene rings is 1. The molecule has 0 radical (unpaired) electrons. The molecule has 1 saturated heterocycles. The number of aryl methyl sites for hydroxylation is 1. The van der Waals surface area contributed by atoms with Gasteiger partial charge in [-0.3, -0.25) is 14.7 Å². The van der Waals surface area contributed by atoms with Crippen LogP contribution in [-0.4, -0.2) is 34.3 Å². The summed E-state index contributed by atoms with van der Waals surface area (Å²) >= 11 is 0. The summed E-state index contributed by atoms with van der Waals surface area (Å²) in [5.41, 5.74) is 3.71. The Kier molecular flexibility index (Phi) is 5.85. The lowest BCUT2D eigenvalue weighted by atomic mass is 9.79. The van der Waals surface area contributed by atoms with Gasteiger partial charge in [-0.15, -0.1) is 0 Å². The molecule has 3 unspecified atom stereocenters. The van der Waals surface area contributed by atoms with Crippen LogP contribution >= 0.6 is 0 Å². The van der Waals surface area contributed by atoms with Gasteiger partial charge in [0.05, 0.1) is 17.8 Å². The quantitative estimate of drug-likeness (QED) is 0.749.